The van der Waals surface area contributed by atoms with Gasteiger partial charge in [-0.05, 0) is 52.3 Å². The highest BCUT2D eigenvalue weighted by Gasteiger charge is 2.19. The first-order valence-corrected chi connectivity index (χ1v) is 7.95. The molecule has 8 heteroatoms. The number of carbonyl (C=O) groups is 3. The van der Waals surface area contributed by atoms with E-state index in [4.69, 9.17) is 9.47 Å². The number of nitrogens with one attached hydrogen (secondary N) is 1. The maximum atomic E-state index is 13.0. The second-order valence-corrected chi connectivity index (χ2v) is 6.03. The van der Waals surface area contributed by atoms with Crippen LogP contribution in [0.2, 0.25) is 0 Å². The summed E-state index contributed by atoms with van der Waals surface area (Å²) in [6.45, 7) is -0.569. The molecule has 25 heavy (non-hydrogen) atoms. The standard InChI is InChI=1S/C17H11BrFNO5/c18-12-6-10(19)2-3-11(12)17(23)25-7-14(21)9-1-4-15-13(5-9)20-16(22)8-24-15/h1-6H,7-8H2,(H,20,22). The molecule has 2 aromatic rings. The van der Waals surface area contributed by atoms with E-state index in [-0.39, 0.29) is 28.1 Å². The van der Waals surface area contributed by atoms with Gasteiger partial charge < -0.3 is 14.8 Å². The molecule has 3 rings (SSSR count). The van der Waals surface area contributed by atoms with Gasteiger partial charge in [-0.2, -0.15) is 0 Å². The van der Waals surface area contributed by atoms with Gasteiger partial charge in [0.25, 0.3) is 5.91 Å². The third-order valence-electron chi connectivity index (χ3n) is 3.42. The van der Waals surface area contributed by atoms with Crippen LogP contribution in [0.5, 0.6) is 5.75 Å². The van der Waals surface area contributed by atoms with Gasteiger partial charge in [-0.1, -0.05) is 0 Å². The Morgan fingerprint density at radius 2 is 2.04 bits per heavy atom. The molecule has 2 aromatic carbocycles. The number of rotatable bonds is 4. The van der Waals surface area contributed by atoms with Crippen molar-refractivity contribution in [3.63, 3.8) is 0 Å². The Hall–Kier alpha value is -2.74. The van der Waals surface area contributed by atoms with Crippen molar-refractivity contribution in [1.29, 1.82) is 0 Å². The van der Waals surface area contributed by atoms with Gasteiger partial charge >= 0.3 is 5.97 Å². The Morgan fingerprint density at radius 1 is 1.24 bits per heavy atom. The predicted molar refractivity (Wildman–Crippen MR) is 89.3 cm³/mol. The van der Waals surface area contributed by atoms with E-state index in [0.717, 1.165) is 12.1 Å². The molecule has 1 amide bonds. The van der Waals surface area contributed by atoms with E-state index in [1.807, 2.05) is 0 Å². The first-order chi connectivity index (χ1) is 11.9. The van der Waals surface area contributed by atoms with Crippen LogP contribution in [0, 0.1) is 5.82 Å². The van der Waals surface area contributed by atoms with Crippen LogP contribution in [0.25, 0.3) is 0 Å². The minimum atomic E-state index is -0.755. The number of fused-ring (bicyclic) bond motifs is 1. The highest BCUT2D eigenvalue weighted by Crippen LogP contribution is 2.28. The maximum absolute atomic E-state index is 13.0. The molecule has 128 valence electrons. The van der Waals surface area contributed by atoms with Crippen molar-refractivity contribution in [3.05, 3.63) is 57.8 Å². The second kappa shape index (κ2) is 7.02. The lowest BCUT2D eigenvalue weighted by atomic mass is 10.1. The quantitative estimate of drug-likeness (QED) is 0.622. The molecule has 6 nitrogen and oxygen atoms in total. The van der Waals surface area contributed by atoms with Gasteiger partial charge in [0.05, 0.1) is 11.3 Å². The van der Waals surface area contributed by atoms with Crippen LogP contribution in [-0.2, 0) is 9.53 Å². The van der Waals surface area contributed by atoms with Crippen LogP contribution < -0.4 is 10.1 Å². The normalized spacial score (nSPS) is 12.6. The molecule has 0 spiro atoms. The highest BCUT2D eigenvalue weighted by molar-refractivity contribution is 9.10. The average molecular weight is 408 g/mol. The molecule has 1 N–H and O–H groups in total. The topological polar surface area (TPSA) is 81.7 Å². The van der Waals surface area contributed by atoms with Crippen molar-refractivity contribution >= 4 is 39.3 Å². The molecule has 0 aromatic heterocycles. The zero-order valence-corrected chi connectivity index (χ0v) is 14.3. The van der Waals surface area contributed by atoms with Crippen molar-refractivity contribution in [3.8, 4) is 5.75 Å². The summed E-state index contributed by atoms with van der Waals surface area (Å²) < 4.78 is 23.4. The summed E-state index contributed by atoms with van der Waals surface area (Å²) in [6.07, 6.45) is 0. The van der Waals surface area contributed by atoms with E-state index < -0.39 is 24.2 Å². The van der Waals surface area contributed by atoms with Crippen LogP contribution in [-0.4, -0.2) is 30.9 Å². The van der Waals surface area contributed by atoms with Crippen LogP contribution >= 0.6 is 15.9 Å². The molecule has 1 heterocycles. The lowest BCUT2D eigenvalue weighted by molar-refractivity contribution is -0.118. The minimum Gasteiger partial charge on any atom is -0.482 e. The number of carbonyl (C=O) groups excluding carboxylic acids is 3. The molecule has 0 bridgehead atoms. The fourth-order valence-electron chi connectivity index (χ4n) is 2.20. The van der Waals surface area contributed by atoms with E-state index in [1.165, 1.54) is 18.2 Å². The lowest BCUT2D eigenvalue weighted by Gasteiger charge is -2.18. The molecule has 1 aliphatic heterocycles. The number of benzene rings is 2. The van der Waals surface area contributed by atoms with E-state index in [1.54, 1.807) is 6.07 Å². The number of amides is 1. The third-order valence-corrected chi connectivity index (χ3v) is 4.08. The summed E-state index contributed by atoms with van der Waals surface area (Å²) in [7, 11) is 0. The second-order valence-electron chi connectivity index (χ2n) is 5.17. The van der Waals surface area contributed by atoms with Crippen molar-refractivity contribution in [1.82, 2.24) is 0 Å². The fraction of sp³-hybridized carbons (Fsp3) is 0.118. The molecule has 0 unspecified atom stereocenters. The van der Waals surface area contributed by atoms with E-state index in [0.29, 0.717) is 11.4 Å². The smallest absolute Gasteiger partial charge is 0.339 e. The zero-order valence-electron chi connectivity index (χ0n) is 12.7. The van der Waals surface area contributed by atoms with Crippen LogP contribution in [0.1, 0.15) is 20.7 Å². The summed E-state index contributed by atoms with van der Waals surface area (Å²) in [6, 6.07) is 8.04. The SMILES string of the molecule is O=C1COc2ccc(C(=O)COC(=O)c3ccc(F)cc3Br)cc2N1. The van der Waals surface area contributed by atoms with Gasteiger partial charge in [0, 0.05) is 10.0 Å². The van der Waals surface area contributed by atoms with Crippen molar-refractivity contribution in [2.45, 2.75) is 0 Å². The minimum absolute atomic E-state index is 0.0789. The van der Waals surface area contributed by atoms with E-state index in [9.17, 15) is 18.8 Å². The molecule has 0 saturated carbocycles. The third kappa shape index (κ3) is 3.85. The molecule has 0 fully saturated rings. The molecule has 0 radical (unpaired) electrons. The fourth-order valence-corrected chi connectivity index (χ4v) is 2.72. The Balaban J connectivity index is 1.67. The van der Waals surface area contributed by atoms with Gasteiger partial charge in [-0.15, -0.1) is 0 Å². The summed E-state index contributed by atoms with van der Waals surface area (Å²) in [5.41, 5.74) is 0.755. The van der Waals surface area contributed by atoms with E-state index in [2.05, 4.69) is 21.2 Å². The summed E-state index contributed by atoms with van der Waals surface area (Å²) >= 11 is 3.07. The first kappa shape index (κ1) is 17.1. The monoisotopic (exact) mass is 407 g/mol. The number of hydrogen-bond donors (Lipinski definition) is 1. The highest BCUT2D eigenvalue weighted by atomic mass is 79.9. The number of esters is 1. The maximum Gasteiger partial charge on any atom is 0.339 e. The molecular formula is C17H11BrFNO5. The largest absolute Gasteiger partial charge is 0.482 e. The zero-order chi connectivity index (χ0) is 18.0. The Kier molecular flexibility index (Phi) is 4.80. The number of hydrogen-bond acceptors (Lipinski definition) is 5. The molecule has 0 atom stereocenters. The van der Waals surface area contributed by atoms with Gasteiger partial charge in [0.2, 0.25) is 0 Å². The Bertz CT molecular complexity index is 883. The summed E-state index contributed by atoms with van der Waals surface area (Å²) in [4.78, 5) is 35.5. The molecule has 0 saturated heterocycles. The van der Waals surface area contributed by atoms with Gasteiger partial charge in [-0.3, -0.25) is 9.59 Å². The number of ether oxygens (including phenoxy) is 2. The van der Waals surface area contributed by atoms with Crippen molar-refractivity contribution in [2.24, 2.45) is 0 Å². The number of halogens is 2. The van der Waals surface area contributed by atoms with Crippen LogP contribution in [0.4, 0.5) is 10.1 Å². The van der Waals surface area contributed by atoms with Gasteiger partial charge in [0.1, 0.15) is 11.6 Å². The summed E-state index contributed by atoms with van der Waals surface area (Å²) in [5, 5.41) is 2.59. The van der Waals surface area contributed by atoms with Crippen molar-refractivity contribution in [2.75, 3.05) is 18.5 Å². The van der Waals surface area contributed by atoms with Crippen LogP contribution in [0.15, 0.2) is 40.9 Å². The number of Topliss-reactive ketones (excluding diaryl/α,β-unsaturated/α-hetero) is 1. The molecule has 0 aliphatic carbocycles. The number of anilines is 1. The van der Waals surface area contributed by atoms with Gasteiger partial charge in [0.15, 0.2) is 19.0 Å². The summed E-state index contributed by atoms with van der Waals surface area (Å²) in [5.74, 6) is -1.56. The molecule has 1 aliphatic rings. The van der Waals surface area contributed by atoms with Crippen LogP contribution in [0.3, 0.4) is 0 Å². The van der Waals surface area contributed by atoms with Crippen molar-refractivity contribution < 1.29 is 28.2 Å². The Labute approximate surface area is 150 Å². The lowest BCUT2D eigenvalue weighted by Crippen LogP contribution is -2.25. The number of ketones is 1. The van der Waals surface area contributed by atoms with Gasteiger partial charge in [-0.25, -0.2) is 9.18 Å². The average Bonchev–Trinajstić information content (AvgIpc) is 2.58. The van der Waals surface area contributed by atoms with E-state index >= 15 is 0 Å². The Morgan fingerprint density at radius 3 is 2.80 bits per heavy atom. The molecular weight excluding hydrogens is 397 g/mol. The predicted octanol–water partition coefficient (Wildman–Crippen LogP) is 2.96. The first-order valence-electron chi connectivity index (χ1n) is 7.16.